The van der Waals surface area contributed by atoms with Crippen LogP contribution in [0.2, 0.25) is 0 Å². The number of hydrogen-bond donors (Lipinski definition) is 1. The number of nitrogens with one attached hydrogen (secondary N) is 1. The van der Waals surface area contributed by atoms with Crippen molar-refractivity contribution in [2.75, 3.05) is 13.7 Å². The van der Waals surface area contributed by atoms with Gasteiger partial charge in [-0.15, -0.1) is 0 Å². The summed E-state index contributed by atoms with van der Waals surface area (Å²) in [7, 11) is -2.43. The maximum atomic E-state index is 13.1. The van der Waals surface area contributed by atoms with Crippen LogP contribution in [0.5, 0.6) is 5.75 Å². The second-order valence-corrected chi connectivity index (χ2v) is 7.57. The molecule has 146 valence electrons. The summed E-state index contributed by atoms with van der Waals surface area (Å²) in [6.45, 7) is -0.0115. The van der Waals surface area contributed by atoms with Gasteiger partial charge in [-0.2, -0.15) is 5.10 Å². The third-order valence-corrected chi connectivity index (χ3v) is 5.48. The van der Waals surface area contributed by atoms with E-state index in [1.165, 1.54) is 37.4 Å². The van der Waals surface area contributed by atoms with Gasteiger partial charge in [0.1, 0.15) is 16.5 Å². The molecule has 0 unspecified atom stereocenters. The van der Waals surface area contributed by atoms with E-state index < -0.39 is 10.0 Å². The van der Waals surface area contributed by atoms with E-state index in [0.717, 1.165) is 4.68 Å². The van der Waals surface area contributed by atoms with Crippen LogP contribution in [0.15, 0.2) is 70.4 Å². The van der Waals surface area contributed by atoms with E-state index in [9.17, 15) is 17.6 Å². The Kier molecular flexibility index (Phi) is 5.86. The molecule has 0 aliphatic heterocycles. The first kappa shape index (κ1) is 19.7. The average molecular weight is 403 g/mol. The fraction of sp³-hybridized carbons (Fsp3) is 0.158. The van der Waals surface area contributed by atoms with E-state index in [0.29, 0.717) is 11.3 Å². The summed E-state index contributed by atoms with van der Waals surface area (Å²) in [6, 6.07) is 14.8. The summed E-state index contributed by atoms with van der Waals surface area (Å²) < 4.78 is 46.7. The van der Waals surface area contributed by atoms with Gasteiger partial charge in [0, 0.05) is 18.2 Å². The van der Waals surface area contributed by atoms with Crippen molar-refractivity contribution in [2.45, 2.75) is 11.4 Å². The Labute approximate surface area is 161 Å². The first-order valence-electron chi connectivity index (χ1n) is 8.37. The number of nitrogens with zero attached hydrogens (tertiary/aromatic N) is 2. The van der Waals surface area contributed by atoms with Gasteiger partial charge in [0.25, 0.3) is 5.56 Å². The molecule has 0 aliphatic carbocycles. The molecule has 3 aromatic rings. The summed E-state index contributed by atoms with van der Waals surface area (Å²) in [4.78, 5) is 12.0. The number of benzene rings is 2. The van der Waals surface area contributed by atoms with Crippen LogP contribution < -0.4 is 15.0 Å². The van der Waals surface area contributed by atoms with Gasteiger partial charge in [0.2, 0.25) is 10.0 Å². The van der Waals surface area contributed by atoms with Crippen LogP contribution in [-0.4, -0.2) is 31.9 Å². The van der Waals surface area contributed by atoms with Crippen LogP contribution >= 0.6 is 0 Å². The fourth-order valence-corrected chi connectivity index (χ4v) is 3.78. The van der Waals surface area contributed by atoms with Crippen LogP contribution in [0.3, 0.4) is 0 Å². The molecule has 3 rings (SSSR count). The minimum atomic E-state index is -3.81. The fourth-order valence-electron chi connectivity index (χ4n) is 2.59. The molecule has 0 radical (unpaired) electrons. The highest BCUT2D eigenvalue weighted by molar-refractivity contribution is 7.89. The van der Waals surface area contributed by atoms with Crippen LogP contribution in [0.1, 0.15) is 0 Å². The molecule has 0 amide bonds. The van der Waals surface area contributed by atoms with Crippen molar-refractivity contribution in [1.29, 1.82) is 0 Å². The van der Waals surface area contributed by atoms with Crippen LogP contribution in [-0.2, 0) is 16.6 Å². The van der Waals surface area contributed by atoms with Gasteiger partial charge in [-0.05, 0) is 42.5 Å². The van der Waals surface area contributed by atoms with Crippen molar-refractivity contribution >= 4 is 10.0 Å². The number of sulfonamides is 1. The smallest absolute Gasteiger partial charge is 0.266 e. The summed E-state index contributed by atoms with van der Waals surface area (Å²) in [5, 5.41) is 4.22. The summed E-state index contributed by atoms with van der Waals surface area (Å²) >= 11 is 0. The lowest BCUT2D eigenvalue weighted by atomic mass is 10.1. The van der Waals surface area contributed by atoms with E-state index in [-0.39, 0.29) is 35.1 Å². The Bertz CT molecular complexity index is 1130. The predicted molar refractivity (Wildman–Crippen MR) is 102 cm³/mol. The van der Waals surface area contributed by atoms with Crippen molar-refractivity contribution in [3.05, 3.63) is 76.8 Å². The topological polar surface area (TPSA) is 90.3 Å². The van der Waals surface area contributed by atoms with Gasteiger partial charge in [0.05, 0.1) is 19.3 Å². The van der Waals surface area contributed by atoms with Gasteiger partial charge in [0.15, 0.2) is 0 Å². The number of para-hydroxylation sites is 1. The van der Waals surface area contributed by atoms with Crippen molar-refractivity contribution in [3.63, 3.8) is 0 Å². The molecule has 0 saturated carbocycles. The molecule has 0 saturated heterocycles. The molecule has 1 N–H and O–H groups in total. The number of aromatic nitrogens is 2. The highest BCUT2D eigenvalue weighted by atomic mass is 32.2. The molecule has 1 aromatic heterocycles. The van der Waals surface area contributed by atoms with Gasteiger partial charge >= 0.3 is 0 Å². The molecule has 28 heavy (non-hydrogen) atoms. The highest BCUT2D eigenvalue weighted by Gasteiger charge is 2.18. The molecule has 9 heteroatoms. The second kappa shape index (κ2) is 8.32. The van der Waals surface area contributed by atoms with Gasteiger partial charge in [-0.1, -0.05) is 12.1 Å². The lowest BCUT2D eigenvalue weighted by Gasteiger charge is -2.11. The summed E-state index contributed by atoms with van der Waals surface area (Å²) in [5.74, 6) is -0.147. The first-order valence-corrected chi connectivity index (χ1v) is 9.86. The number of hydrogen-bond acceptors (Lipinski definition) is 5. The molecular formula is C19H18FN3O4S. The Hall–Kier alpha value is -3.04. The standard InChI is InChI=1S/C19H18FN3O4S/c1-27-17-4-2-3-5-18(17)28(25,26)21-12-13-23-19(24)11-10-16(22-23)14-6-8-15(20)9-7-14/h2-11,21H,12-13H2,1H3. The first-order chi connectivity index (χ1) is 13.4. The zero-order chi connectivity index (χ0) is 20.1. The molecule has 7 nitrogen and oxygen atoms in total. The monoisotopic (exact) mass is 403 g/mol. The quantitative estimate of drug-likeness (QED) is 0.652. The van der Waals surface area contributed by atoms with E-state index >= 15 is 0 Å². The minimum absolute atomic E-state index is 0.0119. The molecule has 0 fully saturated rings. The third-order valence-electron chi connectivity index (χ3n) is 3.98. The van der Waals surface area contributed by atoms with Crippen molar-refractivity contribution in [1.82, 2.24) is 14.5 Å². The number of ether oxygens (including phenoxy) is 1. The van der Waals surface area contributed by atoms with E-state index in [2.05, 4.69) is 9.82 Å². The van der Waals surface area contributed by atoms with E-state index in [1.54, 1.807) is 30.3 Å². The summed E-state index contributed by atoms with van der Waals surface area (Å²) in [6.07, 6.45) is 0. The third kappa shape index (κ3) is 4.44. The normalized spacial score (nSPS) is 11.4. The number of rotatable bonds is 7. The molecule has 0 bridgehead atoms. The SMILES string of the molecule is COc1ccccc1S(=O)(=O)NCCn1nc(-c2ccc(F)cc2)ccc1=O. The Morgan fingerprint density at radius 3 is 2.50 bits per heavy atom. The van der Waals surface area contributed by atoms with Crippen molar-refractivity contribution in [3.8, 4) is 17.0 Å². The highest BCUT2D eigenvalue weighted by Crippen LogP contribution is 2.22. The molecule has 1 heterocycles. The Balaban J connectivity index is 1.75. The number of methoxy groups -OCH3 is 1. The van der Waals surface area contributed by atoms with Gasteiger partial charge in [-0.25, -0.2) is 22.2 Å². The molecule has 0 spiro atoms. The Morgan fingerprint density at radius 1 is 1.07 bits per heavy atom. The second-order valence-electron chi connectivity index (χ2n) is 5.84. The maximum absolute atomic E-state index is 13.1. The van der Waals surface area contributed by atoms with Crippen LogP contribution in [0, 0.1) is 5.82 Å². The molecule has 2 aromatic carbocycles. The van der Waals surface area contributed by atoms with E-state index in [1.807, 2.05) is 0 Å². The molecular weight excluding hydrogens is 385 g/mol. The van der Waals surface area contributed by atoms with Crippen LogP contribution in [0.4, 0.5) is 4.39 Å². The maximum Gasteiger partial charge on any atom is 0.266 e. The average Bonchev–Trinajstić information content (AvgIpc) is 2.70. The minimum Gasteiger partial charge on any atom is -0.495 e. The lowest BCUT2D eigenvalue weighted by molar-refractivity contribution is 0.402. The zero-order valence-electron chi connectivity index (χ0n) is 15.0. The Morgan fingerprint density at radius 2 is 1.79 bits per heavy atom. The van der Waals surface area contributed by atoms with Gasteiger partial charge in [-0.3, -0.25) is 4.79 Å². The zero-order valence-corrected chi connectivity index (χ0v) is 15.8. The van der Waals surface area contributed by atoms with Crippen molar-refractivity contribution in [2.24, 2.45) is 0 Å². The summed E-state index contributed by atoms with van der Waals surface area (Å²) in [5.41, 5.74) is 0.749. The van der Waals surface area contributed by atoms with Crippen molar-refractivity contribution < 1.29 is 17.5 Å². The van der Waals surface area contributed by atoms with Crippen LogP contribution in [0.25, 0.3) is 11.3 Å². The largest absolute Gasteiger partial charge is 0.495 e. The lowest BCUT2D eigenvalue weighted by Crippen LogP contribution is -2.32. The molecule has 0 atom stereocenters. The van der Waals surface area contributed by atoms with E-state index in [4.69, 9.17) is 4.74 Å². The van der Waals surface area contributed by atoms with Gasteiger partial charge < -0.3 is 4.74 Å². The predicted octanol–water partition coefficient (Wildman–Crippen LogP) is 2.04. The molecule has 0 aliphatic rings. The number of halogens is 1.